The average molecular weight is 317 g/mol. The third kappa shape index (κ3) is 2.42. The van der Waals surface area contributed by atoms with Crippen LogP contribution in [0, 0.1) is 11.8 Å². The molecule has 2 aliphatic rings. The summed E-state index contributed by atoms with van der Waals surface area (Å²) in [5.41, 5.74) is 1.56. The molecule has 1 amide bonds. The second kappa shape index (κ2) is 5.94. The minimum absolute atomic E-state index is 0.0102. The Balaban J connectivity index is 1.97. The molecule has 3 heterocycles. The molecular weight excluding hydrogens is 294 g/mol. The van der Waals surface area contributed by atoms with Gasteiger partial charge in [-0.2, -0.15) is 0 Å². The Morgan fingerprint density at radius 1 is 1.48 bits per heavy atom. The number of aliphatic hydroxyl groups is 1. The quantitative estimate of drug-likeness (QED) is 0.836. The van der Waals surface area contributed by atoms with Gasteiger partial charge in [-0.05, 0) is 19.1 Å². The summed E-state index contributed by atoms with van der Waals surface area (Å²) in [5.74, 6) is -0.153. The van der Waals surface area contributed by atoms with Gasteiger partial charge in [0.05, 0.1) is 12.1 Å². The standard InChI is InChI=1S/C17H23N3O3/c1-4-5-10-6-7-13-14-11(8-20(13)16(10)22)12(9-21)15(18-14)17(23)19(2)3/h4-7,11-12,14-15,18,21H,8-9H2,1-3H3/b5-4-/t11-,12-,14+,15-/m1/s1. The maximum atomic E-state index is 12.5. The molecule has 4 atom stereocenters. The Labute approximate surface area is 135 Å². The molecule has 6 heteroatoms. The molecule has 1 aromatic heterocycles. The van der Waals surface area contributed by atoms with E-state index in [1.165, 1.54) is 0 Å². The van der Waals surface area contributed by atoms with E-state index in [0.717, 1.165) is 5.69 Å². The molecule has 0 saturated carbocycles. The molecule has 2 aliphatic heterocycles. The van der Waals surface area contributed by atoms with Gasteiger partial charge in [0, 0.05) is 50.3 Å². The number of fused-ring (bicyclic) bond motifs is 3. The molecule has 0 aliphatic carbocycles. The molecule has 1 fully saturated rings. The first-order chi connectivity index (χ1) is 11.0. The van der Waals surface area contributed by atoms with Crippen molar-refractivity contribution in [2.75, 3.05) is 20.7 Å². The van der Waals surface area contributed by atoms with Crippen molar-refractivity contribution >= 4 is 12.0 Å². The van der Waals surface area contributed by atoms with E-state index in [1.807, 2.05) is 25.1 Å². The number of aromatic nitrogens is 1. The number of nitrogens with zero attached hydrogens (tertiary/aromatic N) is 2. The third-order valence-electron chi connectivity index (χ3n) is 4.98. The highest BCUT2D eigenvalue weighted by molar-refractivity contribution is 5.82. The van der Waals surface area contributed by atoms with E-state index in [9.17, 15) is 14.7 Å². The van der Waals surface area contributed by atoms with Crippen LogP contribution < -0.4 is 10.9 Å². The summed E-state index contributed by atoms with van der Waals surface area (Å²) in [6.45, 7) is 2.36. The fourth-order valence-corrected chi connectivity index (χ4v) is 3.84. The summed E-state index contributed by atoms with van der Waals surface area (Å²) in [6, 6.07) is 3.32. The Morgan fingerprint density at radius 3 is 2.83 bits per heavy atom. The van der Waals surface area contributed by atoms with Crippen LogP contribution in [0.1, 0.15) is 24.2 Å². The van der Waals surface area contributed by atoms with Gasteiger partial charge in [-0.3, -0.25) is 14.9 Å². The predicted molar refractivity (Wildman–Crippen MR) is 87.8 cm³/mol. The summed E-state index contributed by atoms with van der Waals surface area (Å²) >= 11 is 0. The van der Waals surface area contributed by atoms with E-state index in [0.29, 0.717) is 12.1 Å². The molecule has 1 saturated heterocycles. The summed E-state index contributed by atoms with van der Waals surface area (Å²) < 4.78 is 1.77. The van der Waals surface area contributed by atoms with Gasteiger partial charge in [0.2, 0.25) is 5.91 Å². The van der Waals surface area contributed by atoms with Gasteiger partial charge in [-0.15, -0.1) is 0 Å². The Hall–Kier alpha value is -1.92. The van der Waals surface area contributed by atoms with Gasteiger partial charge in [-0.1, -0.05) is 12.2 Å². The van der Waals surface area contributed by atoms with E-state index in [2.05, 4.69) is 5.32 Å². The van der Waals surface area contributed by atoms with Crippen molar-refractivity contribution in [1.82, 2.24) is 14.8 Å². The Bertz CT molecular complexity index is 708. The molecule has 2 N–H and O–H groups in total. The zero-order valence-electron chi connectivity index (χ0n) is 13.7. The maximum absolute atomic E-state index is 12.5. The highest BCUT2D eigenvalue weighted by Crippen LogP contribution is 2.42. The van der Waals surface area contributed by atoms with Crippen LogP contribution in [0.3, 0.4) is 0 Å². The lowest BCUT2D eigenvalue weighted by atomic mass is 9.88. The number of carbonyl (C=O) groups excluding carboxylic acids is 1. The van der Waals surface area contributed by atoms with Crippen LogP contribution in [-0.2, 0) is 11.3 Å². The number of amides is 1. The fraction of sp³-hybridized carbons (Fsp3) is 0.529. The average Bonchev–Trinajstić information content (AvgIpc) is 3.05. The van der Waals surface area contributed by atoms with Crippen molar-refractivity contribution in [3.05, 3.63) is 39.8 Å². The summed E-state index contributed by atoms with van der Waals surface area (Å²) in [4.78, 5) is 26.4. The van der Waals surface area contributed by atoms with Gasteiger partial charge in [-0.25, -0.2) is 0 Å². The number of nitrogens with one attached hydrogen (secondary N) is 1. The molecule has 0 spiro atoms. The highest BCUT2D eigenvalue weighted by atomic mass is 16.3. The minimum atomic E-state index is -0.399. The zero-order chi connectivity index (χ0) is 16.7. The second-order valence-electron chi connectivity index (χ2n) is 6.49. The van der Waals surface area contributed by atoms with Crippen LogP contribution in [0.2, 0.25) is 0 Å². The van der Waals surface area contributed by atoms with E-state index >= 15 is 0 Å². The van der Waals surface area contributed by atoms with Crippen LogP contribution in [0.5, 0.6) is 0 Å². The largest absolute Gasteiger partial charge is 0.396 e. The molecule has 0 radical (unpaired) electrons. The molecule has 23 heavy (non-hydrogen) atoms. The van der Waals surface area contributed by atoms with Gasteiger partial charge in [0.1, 0.15) is 0 Å². The number of pyridine rings is 1. The van der Waals surface area contributed by atoms with E-state index in [-0.39, 0.29) is 36.0 Å². The molecule has 0 unspecified atom stereocenters. The van der Waals surface area contributed by atoms with Crippen molar-refractivity contribution in [3.63, 3.8) is 0 Å². The number of rotatable bonds is 3. The van der Waals surface area contributed by atoms with Crippen LogP contribution in [-0.4, -0.2) is 47.2 Å². The van der Waals surface area contributed by atoms with Gasteiger partial charge in [0.25, 0.3) is 5.56 Å². The highest BCUT2D eigenvalue weighted by Gasteiger charge is 2.50. The lowest BCUT2D eigenvalue weighted by Gasteiger charge is -2.23. The molecule has 6 nitrogen and oxygen atoms in total. The molecule has 0 aromatic carbocycles. The Kier molecular flexibility index (Phi) is 4.12. The first kappa shape index (κ1) is 16.0. The van der Waals surface area contributed by atoms with E-state index < -0.39 is 6.04 Å². The van der Waals surface area contributed by atoms with Crippen molar-refractivity contribution in [3.8, 4) is 0 Å². The monoisotopic (exact) mass is 317 g/mol. The van der Waals surface area contributed by atoms with Crippen molar-refractivity contribution in [1.29, 1.82) is 0 Å². The third-order valence-corrected chi connectivity index (χ3v) is 4.98. The first-order valence-electron chi connectivity index (χ1n) is 7.94. The second-order valence-corrected chi connectivity index (χ2v) is 6.49. The minimum Gasteiger partial charge on any atom is -0.396 e. The summed E-state index contributed by atoms with van der Waals surface area (Å²) in [7, 11) is 3.43. The van der Waals surface area contributed by atoms with Crippen molar-refractivity contribution in [2.45, 2.75) is 25.6 Å². The maximum Gasteiger partial charge on any atom is 0.258 e. The molecule has 0 bridgehead atoms. The summed E-state index contributed by atoms with van der Waals surface area (Å²) in [6.07, 6.45) is 3.65. The number of likely N-dealkylation sites (N-methyl/N-ethyl adjacent to an activating group) is 1. The molecule has 3 rings (SSSR count). The Morgan fingerprint density at radius 2 is 2.22 bits per heavy atom. The van der Waals surface area contributed by atoms with Gasteiger partial charge >= 0.3 is 0 Å². The first-order valence-corrected chi connectivity index (χ1v) is 7.94. The normalized spacial score (nSPS) is 28.9. The molecular formula is C17H23N3O3. The van der Waals surface area contributed by atoms with Crippen LogP contribution in [0.4, 0.5) is 0 Å². The van der Waals surface area contributed by atoms with Crippen molar-refractivity contribution < 1.29 is 9.90 Å². The van der Waals surface area contributed by atoms with Crippen molar-refractivity contribution in [2.24, 2.45) is 11.8 Å². The number of hydrogen-bond acceptors (Lipinski definition) is 4. The summed E-state index contributed by atoms with van der Waals surface area (Å²) in [5, 5.41) is 13.1. The smallest absolute Gasteiger partial charge is 0.258 e. The number of allylic oxidation sites excluding steroid dienone is 1. The number of aliphatic hydroxyl groups excluding tert-OH is 1. The van der Waals surface area contributed by atoms with E-state index in [1.54, 1.807) is 29.6 Å². The van der Waals surface area contributed by atoms with Crippen LogP contribution in [0.25, 0.3) is 6.08 Å². The number of hydrogen-bond donors (Lipinski definition) is 2. The lowest BCUT2D eigenvalue weighted by Crippen LogP contribution is -2.45. The van der Waals surface area contributed by atoms with Gasteiger partial charge in [0.15, 0.2) is 0 Å². The SMILES string of the molecule is C/C=C\c1ccc2n(c1=O)C[C@@H]1[C@@H](CO)[C@H](C(=O)N(C)C)N[C@H]21. The number of carbonyl (C=O) groups is 1. The fourth-order valence-electron chi connectivity index (χ4n) is 3.84. The van der Waals surface area contributed by atoms with E-state index in [4.69, 9.17) is 0 Å². The topological polar surface area (TPSA) is 74.6 Å². The predicted octanol–water partition coefficient (Wildman–Crippen LogP) is 0.221. The van der Waals surface area contributed by atoms with Crippen LogP contribution in [0.15, 0.2) is 23.0 Å². The zero-order valence-corrected chi connectivity index (χ0v) is 13.7. The van der Waals surface area contributed by atoms with Crippen LogP contribution >= 0.6 is 0 Å². The molecule has 124 valence electrons. The lowest BCUT2D eigenvalue weighted by molar-refractivity contribution is -0.132. The van der Waals surface area contributed by atoms with Gasteiger partial charge < -0.3 is 14.6 Å². The molecule has 1 aromatic rings.